The summed E-state index contributed by atoms with van der Waals surface area (Å²) in [5.41, 5.74) is 0.888. The van der Waals surface area contributed by atoms with Gasteiger partial charge in [0.15, 0.2) is 0 Å². The van der Waals surface area contributed by atoms with Gasteiger partial charge in [-0.05, 0) is 30.7 Å². The minimum atomic E-state index is -3.79. The van der Waals surface area contributed by atoms with Crippen LogP contribution in [0.25, 0.3) is 0 Å². The third kappa shape index (κ3) is 4.58. The largest absolute Gasteiger partial charge is 0.340 e. The summed E-state index contributed by atoms with van der Waals surface area (Å²) in [5, 5.41) is 11.5. The summed E-state index contributed by atoms with van der Waals surface area (Å²) in [6.07, 6.45) is 0.161. The highest BCUT2D eigenvalue weighted by molar-refractivity contribution is 7.89. The van der Waals surface area contributed by atoms with Crippen molar-refractivity contribution >= 4 is 33.2 Å². The third-order valence-corrected chi connectivity index (χ3v) is 7.16. The number of nitro benzene ring substituents is 1. The Morgan fingerprint density at radius 3 is 2.38 bits per heavy atom. The molecule has 8 nitrogen and oxygen atoms in total. The van der Waals surface area contributed by atoms with Crippen LogP contribution in [0.15, 0.2) is 47.4 Å². The zero-order valence-corrected chi connectivity index (χ0v) is 17.3. The number of nitro groups is 1. The van der Waals surface area contributed by atoms with Crippen LogP contribution in [-0.4, -0.2) is 54.6 Å². The molecule has 0 aliphatic carbocycles. The topological polar surface area (TPSA) is 101 Å². The number of hydrogen-bond donors (Lipinski definition) is 0. The van der Waals surface area contributed by atoms with E-state index in [4.69, 9.17) is 11.6 Å². The van der Waals surface area contributed by atoms with Crippen LogP contribution in [0.4, 0.5) is 5.69 Å². The van der Waals surface area contributed by atoms with Crippen molar-refractivity contribution in [2.75, 3.05) is 26.2 Å². The molecule has 0 aromatic heterocycles. The van der Waals surface area contributed by atoms with Gasteiger partial charge in [-0.3, -0.25) is 14.9 Å². The van der Waals surface area contributed by atoms with Gasteiger partial charge in [-0.1, -0.05) is 29.8 Å². The summed E-state index contributed by atoms with van der Waals surface area (Å²) >= 11 is 6.10. The zero-order chi connectivity index (χ0) is 21.2. The van der Waals surface area contributed by atoms with Crippen LogP contribution < -0.4 is 0 Å². The standard InChI is InChI=1S/C19H20ClN3O5S/c1-14-12-16(6-7-18(14)23(25)26)29(27,28)22-10-8-21(9-11-22)19(24)13-15-4-2-3-5-17(15)20/h2-7,12H,8-11,13H2,1H3. The Kier molecular flexibility index (Phi) is 6.21. The molecular formula is C19H20ClN3O5S. The molecule has 1 aliphatic rings. The first-order valence-electron chi connectivity index (χ1n) is 8.96. The fourth-order valence-electron chi connectivity index (χ4n) is 3.24. The Balaban J connectivity index is 1.66. The van der Waals surface area contributed by atoms with Gasteiger partial charge in [0.2, 0.25) is 15.9 Å². The van der Waals surface area contributed by atoms with E-state index in [0.717, 1.165) is 5.56 Å². The summed E-state index contributed by atoms with van der Waals surface area (Å²) in [6.45, 7) is 2.37. The molecule has 0 N–H and O–H groups in total. The number of halogens is 1. The van der Waals surface area contributed by atoms with E-state index in [1.807, 2.05) is 6.07 Å². The summed E-state index contributed by atoms with van der Waals surface area (Å²) < 4.78 is 27.0. The summed E-state index contributed by atoms with van der Waals surface area (Å²) in [7, 11) is -3.79. The van der Waals surface area contributed by atoms with Gasteiger partial charge in [-0.15, -0.1) is 0 Å². The Labute approximate surface area is 173 Å². The van der Waals surface area contributed by atoms with Gasteiger partial charge in [0.05, 0.1) is 16.2 Å². The average Bonchev–Trinajstić information content (AvgIpc) is 2.69. The number of sulfonamides is 1. The van der Waals surface area contributed by atoms with E-state index in [1.54, 1.807) is 23.1 Å². The number of carbonyl (C=O) groups is 1. The van der Waals surface area contributed by atoms with E-state index in [0.29, 0.717) is 5.02 Å². The SMILES string of the molecule is Cc1cc(S(=O)(=O)N2CCN(C(=O)Cc3ccccc3Cl)CC2)ccc1[N+](=O)[O-]. The molecular weight excluding hydrogens is 418 g/mol. The number of amides is 1. The number of nitrogens with zero attached hydrogens (tertiary/aromatic N) is 3. The minimum absolute atomic E-state index is 0.0106. The molecule has 2 aromatic rings. The van der Waals surface area contributed by atoms with E-state index < -0.39 is 14.9 Å². The first-order chi connectivity index (χ1) is 13.7. The van der Waals surface area contributed by atoms with Crippen molar-refractivity contribution in [3.8, 4) is 0 Å². The Hall–Kier alpha value is -2.49. The van der Waals surface area contributed by atoms with E-state index in [2.05, 4.69) is 0 Å². The first kappa shape index (κ1) is 21.2. The molecule has 1 heterocycles. The van der Waals surface area contributed by atoms with Crippen LogP contribution in [0.1, 0.15) is 11.1 Å². The van der Waals surface area contributed by atoms with Gasteiger partial charge < -0.3 is 4.90 Å². The van der Waals surface area contributed by atoms with Gasteiger partial charge >= 0.3 is 0 Å². The maximum absolute atomic E-state index is 12.9. The van der Waals surface area contributed by atoms with Crippen LogP contribution >= 0.6 is 11.6 Å². The quantitative estimate of drug-likeness (QED) is 0.528. The van der Waals surface area contributed by atoms with E-state index in [9.17, 15) is 23.3 Å². The molecule has 0 atom stereocenters. The van der Waals surface area contributed by atoms with Gasteiger partial charge in [0.25, 0.3) is 5.69 Å². The van der Waals surface area contributed by atoms with E-state index >= 15 is 0 Å². The molecule has 0 unspecified atom stereocenters. The maximum atomic E-state index is 12.9. The molecule has 0 saturated carbocycles. The predicted octanol–water partition coefficient (Wildman–Crippen LogP) is 2.63. The number of carbonyl (C=O) groups excluding carboxylic acids is 1. The molecule has 0 spiro atoms. The normalized spacial score (nSPS) is 15.3. The van der Waals surface area contributed by atoms with Gasteiger partial charge in [0, 0.05) is 42.8 Å². The summed E-state index contributed by atoms with van der Waals surface area (Å²) in [4.78, 5) is 24.5. The van der Waals surface area contributed by atoms with Crippen LogP contribution in [-0.2, 0) is 21.2 Å². The van der Waals surface area contributed by atoms with Gasteiger partial charge in [0.1, 0.15) is 0 Å². The highest BCUT2D eigenvalue weighted by atomic mass is 35.5. The summed E-state index contributed by atoms with van der Waals surface area (Å²) in [5.74, 6) is -0.110. The molecule has 3 rings (SSSR count). The van der Waals surface area contributed by atoms with Crippen molar-refractivity contribution in [3.63, 3.8) is 0 Å². The molecule has 1 amide bonds. The lowest BCUT2D eigenvalue weighted by Crippen LogP contribution is -2.50. The lowest BCUT2D eigenvalue weighted by molar-refractivity contribution is -0.385. The van der Waals surface area contributed by atoms with Crippen molar-refractivity contribution in [1.82, 2.24) is 9.21 Å². The second-order valence-electron chi connectivity index (χ2n) is 6.76. The lowest BCUT2D eigenvalue weighted by atomic mass is 10.1. The van der Waals surface area contributed by atoms with Crippen LogP contribution in [0.2, 0.25) is 5.02 Å². The molecule has 0 radical (unpaired) electrons. The highest BCUT2D eigenvalue weighted by Gasteiger charge is 2.31. The van der Waals surface area contributed by atoms with Crippen molar-refractivity contribution in [1.29, 1.82) is 0 Å². The molecule has 1 fully saturated rings. The molecule has 1 aliphatic heterocycles. The predicted molar refractivity (Wildman–Crippen MR) is 108 cm³/mol. The molecule has 10 heteroatoms. The van der Waals surface area contributed by atoms with Crippen LogP contribution in [0, 0.1) is 17.0 Å². The van der Waals surface area contributed by atoms with Gasteiger partial charge in [-0.2, -0.15) is 4.31 Å². The molecule has 2 aromatic carbocycles. The monoisotopic (exact) mass is 437 g/mol. The number of rotatable bonds is 5. The number of benzene rings is 2. The molecule has 154 valence electrons. The first-order valence-corrected chi connectivity index (χ1v) is 10.8. The molecule has 29 heavy (non-hydrogen) atoms. The Bertz CT molecular complexity index is 1050. The number of piperazine rings is 1. The van der Waals surface area contributed by atoms with Crippen molar-refractivity contribution in [3.05, 3.63) is 68.7 Å². The maximum Gasteiger partial charge on any atom is 0.272 e. The minimum Gasteiger partial charge on any atom is -0.340 e. The lowest BCUT2D eigenvalue weighted by Gasteiger charge is -2.34. The Morgan fingerprint density at radius 2 is 1.79 bits per heavy atom. The highest BCUT2D eigenvalue weighted by Crippen LogP contribution is 2.25. The number of hydrogen-bond acceptors (Lipinski definition) is 5. The van der Waals surface area contributed by atoms with Crippen LogP contribution in [0.5, 0.6) is 0 Å². The molecule has 0 bridgehead atoms. The van der Waals surface area contributed by atoms with E-state index in [1.165, 1.54) is 29.4 Å². The van der Waals surface area contributed by atoms with Crippen molar-refractivity contribution in [2.45, 2.75) is 18.2 Å². The molecule has 1 saturated heterocycles. The van der Waals surface area contributed by atoms with Crippen LogP contribution in [0.3, 0.4) is 0 Å². The van der Waals surface area contributed by atoms with E-state index in [-0.39, 0.29) is 54.7 Å². The zero-order valence-electron chi connectivity index (χ0n) is 15.7. The fourth-order valence-corrected chi connectivity index (χ4v) is 4.95. The third-order valence-electron chi connectivity index (χ3n) is 4.89. The van der Waals surface area contributed by atoms with Crippen molar-refractivity contribution < 1.29 is 18.1 Å². The average molecular weight is 438 g/mol. The fraction of sp³-hybridized carbons (Fsp3) is 0.316. The second-order valence-corrected chi connectivity index (χ2v) is 9.10. The number of aryl methyl sites for hydroxylation is 1. The second kappa shape index (κ2) is 8.48. The summed E-state index contributed by atoms with van der Waals surface area (Å²) in [6, 6.07) is 10.9. The van der Waals surface area contributed by atoms with Crippen molar-refractivity contribution in [2.24, 2.45) is 0 Å². The Morgan fingerprint density at radius 1 is 1.14 bits per heavy atom. The van der Waals surface area contributed by atoms with Gasteiger partial charge in [-0.25, -0.2) is 8.42 Å². The smallest absolute Gasteiger partial charge is 0.272 e.